The molecule has 5 heterocycles. The molecule has 0 radical (unpaired) electrons. The summed E-state index contributed by atoms with van der Waals surface area (Å²) in [6, 6.07) is 9.96. The van der Waals surface area contributed by atoms with Gasteiger partial charge in [0.15, 0.2) is 0 Å². The van der Waals surface area contributed by atoms with E-state index in [4.69, 9.17) is 11.6 Å². The number of likely N-dealkylation sites (tertiary alicyclic amines) is 1. The number of hydrogen-bond acceptors (Lipinski definition) is 6. The van der Waals surface area contributed by atoms with Crippen LogP contribution in [0.4, 0.5) is 0 Å². The van der Waals surface area contributed by atoms with Gasteiger partial charge < -0.3 is 15.0 Å². The lowest BCUT2D eigenvalue weighted by molar-refractivity contribution is -0.143. The van der Waals surface area contributed by atoms with Crippen LogP contribution in [0, 0.1) is 17.3 Å². The molecule has 38 heavy (non-hydrogen) atoms. The number of nitrogens with zero attached hydrogens (tertiary/aromatic N) is 3. The van der Waals surface area contributed by atoms with E-state index in [9.17, 15) is 14.7 Å². The molecule has 2 N–H and O–H groups in total. The van der Waals surface area contributed by atoms with Crippen LogP contribution in [-0.2, 0) is 22.7 Å². The Morgan fingerprint density at radius 2 is 1.84 bits per heavy atom. The topological polar surface area (TPSA) is 87.5 Å². The summed E-state index contributed by atoms with van der Waals surface area (Å²) in [5, 5.41) is 16.3. The second-order valence-corrected chi connectivity index (χ2v) is 13.2. The zero-order valence-electron chi connectivity index (χ0n) is 21.3. The molecule has 2 atom stereocenters. The van der Waals surface area contributed by atoms with E-state index in [1.165, 1.54) is 4.90 Å². The third-order valence-electron chi connectivity index (χ3n) is 8.78. The smallest absolute Gasteiger partial charge is 0.234 e. The molecule has 2 amide bonds. The number of benzene rings is 1. The molecular weight excluding hydrogens is 520 g/mol. The first kappa shape index (κ1) is 24.3. The third-order valence-corrected chi connectivity index (χ3v) is 10.1. The quantitative estimate of drug-likeness (QED) is 0.349. The van der Waals surface area contributed by atoms with Crippen LogP contribution < -0.4 is 5.32 Å². The number of hydrogen-bond donors (Lipinski definition) is 2. The second kappa shape index (κ2) is 8.36. The van der Waals surface area contributed by atoms with Gasteiger partial charge in [0.25, 0.3) is 0 Å². The minimum Gasteiger partial charge on any atom is -0.388 e. The number of aromatic nitrogens is 2. The number of piperidine rings is 2. The van der Waals surface area contributed by atoms with Gasteiger partial charge in [-0.1, -0.05) is 25.4 Å². The molecule has 3 aliphatic rings. The number of fused-ring (bicyclic) bond motifs is 3. The Morgan fingerprint density at radius 3 is 2.58 bits per heavy atom. The van der Waals surface area contributed by atoms with E-state index in [1.54, 1.807) is 17.5 Å². The summed E-state index contributed by atoms with van der Waals surface area (Å²) >= 11 is 8.15. The van der Waals surface area contributed by atoms with Crippen LogP contribution in [0.1, 0.15) is 31.6 Å². The Balaban J connectivity index is 1.28. The van der Waals surface area contributed by atoms with Crippen LogP contribution in [0.5, 0.6) is 0 Å². The summed E-state index contributed by atoms with van der Waals surface area (Å²) in [4.78, 5) is 32.8. The summed E-state index contributed by atoms with van der Waals surface area (Å²) < 4.78 is 3.13. The van der Waals surface area contributed by atoms with Crippen LogP contribution in [0.2, 0.25) is 5.02 Å². The van der Waals surface area contributed by atoms with Gasteiger partial charge >= 0.3 is 0 Å². The first-order chi connectivity index (χ1) is 18.2. The maximum atomic E-state index is 12.9. The van der Waals surface area contributed by atoms with Crippen LogP contribution in [-0.4, -0.2) is 50.1 Å². The van der Waals surface area contributed by atoms with E-state index in [0.29, 0.717) is 24.4 Å². The average molecular weight is 549 g/mol. The van der Waals surface area contributed by atoms with Gasteiger partial charge in [-0.15, -0.1) is 11.3 Å². The van der Waals surface area contributed by atoms with Gasteiger partial charge in [0.2, 0.25) is 11.8 Å². The predicted molar refractivity (Wildman–Crippen MR) is 149 cm³/mol. The number of aliphatic hydroxyl groups is 1. The molecule has 2 unspecified atom stereocenters. The van der Waals surface area contributed by atoms with Gasteiger partial charge in [0.1, 0.15) is 0 Å². The van der Waals surface area contributed by atoms with Crippen molar-refractivity contribution >= 4 is 55.9 Å². The van der Waals surface area contributed by atoms with Gasteiger partial charge in [-0.2, -0.15) is 0 Å². The fourth-order valence-electron chi connectivity index (χ4n) is 6.61. The number of halogens is 1. The molecule has 3 fully saturated rings. The molecule has 7 nitrogen and oxygen atoms in total. The van der Waals surface area contributed by atoms with Crippen LogP contribution in [0.3, 0.4) is 0 Å². The van der Waals surface area contributed by atoms with Crippen molar-refractivity contribution in [1.29, 1.82) is 0 Å². The van der Waals surface area contributed by atoms with Crippen LogP contribution >= 0.6 is 22.9 Å². The molecule has 3 aromatic heterocycles. The van der Waals surface area contributed by atoms with Gasteiger partial charge in [-0.25, -0.2) is 0 Å². The summed E-state index contributed by atoms with van der Waals surface area (Å²) in [6.07, 6.45) is 5.23. The Hall–Kier alpha value is -2.78. The molecule has 2 aliphatic heterocycles. The van der Waals surface area contributed by atoms with E-state index in [2.05, 4.69) is 14.9 Å². The van der Waals surface area contributed by atoms with Crippen molar-refractivity contribution < 1.29 is 14.7 Å². The number of carbonyl (C=O) groups is 2. The Kier molecular flexibility index (Phi) is 5.34. The lowest BCUT2D eigenvalue weighted by Gasteiger charge is -2.33. The van der Waals surface area contributed by atoms with Crippen molar-refractivity contribution in [3.63, 3.8) is 0 Å². The molecule has 9 heteroatoms. The van der Waals surface area contributed by atoms with Gasteiger partial charge in [-0.05, 0) is 61.7 Å². The van der Waals surface area contributed by atoms with Crippen molar-refractivity contribution in [2.24, 2.45) is 17.3 Å². The van der Waals surface area contributed by atoms with Crippen LogP contribution in [0.25, 0.3) is 32.2 Å². The molecule has 0 spiro atoms. The molecular formula is C29H29ClN4O3S. The van der Waals surface area contributed by atoms with Gasteiger partial charge in [-0.3, -0.25) is 19.5 Å². The van der Waals surface area contributed by atoms with Crippen molar-refractivity contribution in [2.45, 2.75) is 45.4 Å². The summed E-state index contributed by atoms with van der Waals surface area (Å²) in [5.74, 6) is -0.470. The highest BCUT2D eigenvalue weighted by Crippen LogP contribution is 2.63. The van der Waals surface area contributed by atoms with Gasteiger partial charge in [0.05, 0.1) is 46.3 Å². The fourth-order valence-corrected chi connectivity index (χ4v) is 7.97. The van der Waals surface area contributed by atoms with E-state index in [0.717, 1.165) is 50.2 Å². The number of pyridine rings is 1. The Bertz CT molecular complexity index is 1610. The molecule has 1 aliphatic carbocycles. The van der Waals surface area contributed by atoms with Gasteiger partial charge in [0, 0.05) is 38.8 Å². The van der Waals surface area contributed by atoms with Crippen molar-refractivity contribution in [3.8, 4) is 11.1 Å². The number of thiophene rings is 1. The lowest BCUT2D eigenvalue weighted by atomic mass is 9.92. The average Bonchev–Trinajstić information content (AvgIpc) is 3.22. The maximum absolute atomic E-state index is 12.9. The predicted octanol–water partition coefficient (Wildman–Crippen LogP) is 4.83. The molecule has 4 aromatic rings. The summed E-state index contributed by atoms with van der Waals surface area (Å²) in [7, 11) is 0. The maximum Gasteiger partial charge on any atom is 0.234 e. The highest BCUT2D eigenvalue weighted by Gasteiger charge is 2.72. The van der Waals surface area contributed by atoms with E-state index in [1.807, 2.05) is 50.4 Å². The highest BCUT2D eigenvalue weighted by molar-refractivity contribution is 7.19. The summed E-state index contributed by atoms with van der Waals surface area (Å²) in [6.45, 7) is 6.39. The molecule has 1 saturated carbocycles. The van der Waals surface area contributed by atoms with Crippen molar-refractivity contribution in [3.05, 3.63) is 52.6 Å². The molecule has 196 valence electrons. The van der Waals surface area contributed by atoms with Crippen LogP contribution in [0.15, 0.2) is 42.7 Å². The monoisotopic (exact) mass is 548 g/mol. The number of amides is 2. The van der Waals surface area contributed by atoms with Crippen molar-refractivity contribution in [2.75, 3.05) is 13.1 Å². The standard InChI is InChI=1S/C29H29ClN4O3S/c1-28(2)22-23(28)27(36)34(26(22)35)14-18-13-21-25(38-18)19(3-7-32-21)20-12-17(30)11-16-4-10-33(24(16)20)15-29(37)5-8-31-9-6-29/h3-4,7,10-13,22-23,31,37H,5-6,8-9,14-15H2,1-2H3. The normalized spacial score (nSPS) is 23.9. The Labute approximate surface area is 229 Å². The molecule has 2 saturated heterocycles. The van der Waals surface area contributed by atoms with E-state index < -0.39 is 5.60 Å². The minimum atomic E-state index is -0.762. The number of imide groups is 1. The lowest BCUT2D eigenvalue weighted by Crippen LogP contribution is -2.44. The van der Waals surface area contributed by atoms with E-state index >= 15 is 0 Å². The highest BCUT2D eigenvalue weighted by atomic mass is 35.5. The van der Waals surface area contributed by atoms with Crippen molar-refractivity contribution in [1.82, 2.24) is 19.8 Å². The SMILES string of the molecule is CC1(C)C2C(=O)N(Cc3cc4nccc(-c5cc(Cl)cc6ccn(CC7(O)CCNCC7)c56)c4s3)C(=O)C21. The zero-order valence-corrected chi connectivity index (χ0v) is 22.9. The van der Waals surface area contributed by atoms with E-state index in [-0.39, 0.29) is 35.6 Å². The number of rotatable bonds is 5. The Morgan fingerprint density at radius 1 is 1.11 bits per heavy atom. The summed E-state index contributed by atoms with van der Waals surface area (Å²) in [5.41, 5.74) is 2.85. The second-order valence-electron chi connectivity index (χ2n) is 11.6. The first-order valence-electron chi connectivity index (χ1n) is 13.1. The zero-order chi connectivity index (χ0) is 26.4. The third kappa shape index (κ3) is 3.65. The first-order valence-corrected chi connectivity index (χ1v) is 14.3. The number of nitrogens with one attached hydrogen (secondary N) is 1. The molecule has 1 aromatic carbocycles. The largest absolute Gasteiger partial charge is 0.388 e. The fraction of sp³-hybridized carbons (Fsp3) is 0.414. The molecule has 7 rings (SSSR count). The molecule has 0 bridgehead atoms. The number of carbonyl (C=O) groups excluding carboxylic acids is 2. The minimum absolute atomic E-state index is 0.0548.